The molecule has 0 saturated carbocycles. The molecule has 0 aliphatic carbocycles. The summed E-state index contributed by atoms with van der Waals surface area (Å²) in [5.41, 5.74) is -1.42. The molecule has 0 aromatic heterocycles. The van der Waals surface area contributed by atoms with Crippen LogP contribution in [0, 0.1) is 17.8 Å². The second-order valence-corrected chi connectivity index (χ2v) is 12.8. The summed E-state index contributed by atoms with van der Waals surface area (Å²) in [6, 6.07) is 12.1. The third-order valence-electron chi connectivity index (χ3n) is 10.1. The Balaban J connectivity index is 1.57. The van der Waals surface area contributed by atoms with Crippen LogP contribution in [0.25, 0.3) is 10.8 Å². The molecule has 2 aromatic carbocycles. The molecule has 2 aromatic rings. The molecule has 3 fully saturated rings. The SMILES string of the molecule is C=CCCCCOC(=O)[C@@H]1[C@H]2C(=O)N([C@@H](CO)C(C)C)C(C(=O)N(CC=C)c3ccc4ccccc4c3)C23CC[C@@]1(CC)O3. The minimum absolute atomic E-state index is 0.143. The Hall–Kier alpha value is -3.49. The van der Waals surface area contributed by atoms with Gasteiger partial charge in [0.25, 0.3) is 5.91 Å². The number of rotatable bonds is 14. The Labute approximate surface area is 260 Å². The number of carbonyl (C=O) groups is 3. The van der Waals surface area contributed by atoms with Gasteiger partial charge in [0.1, 0.15) is 17.6 Å². The smallest absolute Gasteiger partial charge is 0.312 e. The van der Waals surface area contributed by atoms with Crippen LogP contribution in [0.4, 0.5) is 5.69 Å². The van der Waals surface area contributed by atoms with Gasteiger partial charge in [-0.15, -0.1) is 13.2 Å². The molecule has 8 nitrogen and oxygen atoms in total. The van der Waals surface area contributed by atoms with Gasteiger partial charge < -0.3 is 24.4 Å². The highest BCUT2D eigenvalue weighted by molar-refractivity contribution is 6.05. The third-order valence-corrected chi connectivity index (χ3v) is 10.1. The van der Waals surface area contributed by atoms with E-state index in [4.69, 9.17) is 9.47 Å². The van der Waals surface area contributed by atoms with Crippen LogP contribution in [0.15, 0.2) is 67.8 Å². The Bertz CT molecular complexity index is 1420. The number of ether oxygens (including phenoxy) is 2. The zero-order valence-corrected chi connectivity index (χ0v) is 26.2. The molecule has 8 heteroatoms. The minimum atomic E-state index is -1.21. The van der Waals surface area contributed by atoms with Gasteiger partial charge in [-0.1, -0.05) is 63.3 Å². The van der Waals surface area contributed by atoms with Gasteiger partial charge in [0.05, 0.1) is 30.8 Å². The number of aliphatic hydroxyl groups is 1. The lowest BCUT2D eigenvalue weighted by Crippen LogP contribution is -2.60. The number of nitrogens with zero attached hydrogens (tertiary/aromatic N) is 2. The number of allylic oxidation sites excluding steroid dienone is 1. The number of anilines is 1. The highest BCUT2D eigenvalue weighted by Gasteiger charge is 2.79. The quantitative estimate of drug-likeness (QED) is 0.176. The zero-order valence-electron chi connectivity index (χ0n) is 26.2. The van der Waals surface area contributed by atoms with Gasteiger partial charge in [0.15, 0.2) is 0 Å². The standard InChI is InChI=1S/C36H46N2O6/c1-6-9-10-13-21-43-34(42)30-29-32(40)38(28(23-39)24(4)5)31(36(29)19-18-35(30,8-3)44-36)33(41)37(20-7-2)27-17-16-25-14-11-12-15-26(25)22-27/h6-7,11-12,14-17,22,24,28-31,39H,1-2,8-10,13,18-21,23H2,3-5H3/t28-,29-,30-,31?,35+,36?/m0/s1. The maximum absolute atomic E-state index is 14.9. The second-order valence-electron chi connectivity index (χ2n) is 12.8. The number of fused-ring (bicyclic) bond motifs is 2. The Morgan fingerprint density at radius 2 is 1.89 bits per heavy atom. The van der Waals surface area contributed by atoms with Crippen molar-refractivity contribution in [3.05, 3.63) is 67.8 Å². The summed E-state index contributed by atoms with van der Waals surface area (Å²) in [4.78, 5) is 46.5. The van der Waals surface area contributed by atoms with E-state index in [-0.39, 0.29) is 37.5 Å². The van der Waals surface area contributed by atoms with Crippen molar-refractivity contribution in [2.45, 2.75) is 82.6 Å². The summed E-state index contributed by atoms with van der Waals surface area (Å²) in [5.74, 6) is -2.91. The van der Waals surface area contributed by atoms with E-state index in [2.05, 4.69) is 13.2 Å². The molecule has 1 spiro atoms. The monoisotopic (exact) mass is 602 g/mol. The van der Waals surface area contributed by atoms with E-state index in [1.165, 1.54) is 0 Å². The highest BCUT2D eigenvalue weighted by atomic mass is 16.6. The summed E-state index contributed by atoms with van der Waals surface area (Å²) >= 11 is 0. The van der Waals surface area contributed by atoms with Crippen LogP contribution in [0.3, 0.4) is 0 Å². The first kappa shape index (κ1) is 31.9. The minimum Gasteiger partial charge on any atom is -0.465 e. The predicted octanol–water partition coefficient (Wildman–Crippen LogP) is 5.43. The van der Waals surface area contributed by atoms with Crippen LogP contribution >= 0.6 is 0 Å². The number of amides is 2. The molecule has 3 aliphatic rings. The maximum Gasteiger partial charge on any atom is 0.312 e. The van der Waals surface area contributed by atoms with Crippen LogP contribution < -0.4 is 4.90 Å². The van der Waals surface area contributed by atoms with Gasteiger partial charge in [-0.05, 0) is 67.3 Å². The predicted molar refractivity (Wildman–Crippen MR) is 171 cm³/mol. The van der Waals surface area contributed by atoms with Crippen molar-refractivity contribution in [1.82, 2.24) is 4.90 Å². The van der Waals surface area contributed by atoms with Crippen LogP contribution in [0.5, 0.6) is 0 Å². The molecular weight excluding hydrogens is 556 g/mol. The molecule has 6 atom stereocenters. The number of hydrogen-bond donors (Lipinski definition) is 1. The summed E-state index contributed by atoms with van der Waals surface area (Å²) in [7, 11) is 0. The average Bonchev–Trinajstić information content (AvgIpc) is 3.63. The maximum atomic E-state index is 14.9. The van der Waals surface area contributed by atoms with E-state index in [0.717, 1.165) is 23.6 Å². The fourth-order valence-corrected chi connectivity index (χ4v) is 7.87. The van der Waals surface area contributed by atoms with Crippen LogP contribution in [0.1, 0.15) is 59.3 Å². The molecule has 3 saturated heterocycles. The number of likely N-dealkylation sites (tertiary alicyclic amines) is 1. The van der Waals surface area contributed by atoms with Crippen molar-refractivity contribution in [3.63, 3.8) is 0 Å². The van der Waals surface area contributed by atoms with Crippen LogP contribution in [0.2, 0.25) is 0 Å². The fraction of sp³-hybridized carbons (Fsp3) is 0.528. The van der Waals surface area contributed by atoms with Gasteiger partial charge in [-0.2, -0.15) is 0 Å². The fourth-order valence-electron chi connectivity index (χ4n) is 7.87. The lowest BCUT2D eigenvalue weighted by atomic mass is 9.65. The van der Waals surface area contributed by atoms with Gasteiger partial charge >= 0.3 is 5.97 Å². The lowest BCUT2D eigenvalue weighted by Gasteiger charge is -2.40. The molecule has 236 valence electrons. The normalized spacial score (nSPS) is 27.9. The van der Waals surface area contributed by atoms with E-state index < -0.39 is 41.1 Å². The number of unbranched alkanes of at least 4 members (excludes halogenated alkanes) is 2. The summed E-state index contributed by atoms with van der Waals surface area (Å²) in [5, 5.41) is 12.6. The van der Waals surface area contributed by atoms with Gasteiger partial charge in [0, 0.05) is 12.2 Å². The van der Waals surface area contributed by atoms with Crippen molar-refractivity contribution in [2.75, 3.05) is 24.7 Å². The molecule has 3 heterocycles. The van der Waals surface area contributed by atoms with E-state index in [1.54, 1.807) is 15.9 Å². The van der Waals surface area contributed by atoms with E-state index in [9.17, 15) is 19.5 Å². The number of aliphatic hydroxyl groups excluding tert-OH is 1. The van der Waals surface area contributed by atoms with Crippen molar-refractivity contribution in [2.24, 2.45) is 17.8 Å². The van der Waals surface area contributed by atoms with Crippen molar-refractivity contribution in [1.29, 1.82) is 0 Å². The molecule has 3 aliphatic heterocycles. The van der Waals surface area contributed by atoms with Gasteiger partial charge in [0.2, 0.25) is 5.91 Å². The third kappa shape index (κ3) is 5.16. The number of hydrogen-bond acceptors (Lipinski definition) is 6. The molecule has 1 N–H and O–H groups in total. The summed E-state index contributed by atoms with van der Waals surface area (Å²) in [6.07, 6.45) is 7.42. The first-order chi connectivity index (χ1) is 21.2. The Kier molecular flexibility index (Phi) is 9.33. The molecule has 5 rings (SSSR count). The van der Waals surface area contributed by atoms with Gasteiger partial charge in [-0.25, -0.2) is 0 Å². The molecule has 44 heavy (non-hydrogen) atoms. The van der Waals surface area contributed by atoms with Crippen LogP contribution in [-0.4, -0.2) is 70.8 Å². The largest absolute Gasteiger partial charge is 0.465 e. The first-order valence-electron chi connectivity index (χ1n) is 16.0. The average molecular weight is 603 g/mol. The van der Waals surface area contributed by atoms with E-state index in [0.29, 0.717) is 31.4 Å². The van der Waals surface area contributed by atoms with E-state index in [1.807, 2.05) is 69.3 Å². The number of benzene rings is 2. The molecule has 2 bridgehead atoms. The van der Waals surface area contributed by atoms with Gasteiger partial charge in [-0.3, -0.25) is 14.4 Å². The van der Waals surface area contributed by atoms with Crippen molar-refractivity contribution < 1.29 is 29.0 Å². The Morgan fingerprint density at radius 1 is 1.14 bits per heavy atom. The number of carbonyl (C=O) groups excluding carboxylic acids is 3. The summed E-state index contributed by atoms with van der Waals surface area (Å²) in [6.45, 7) is 13.6. The zero-order chi connectivity index (χ0) is 31.6. The Morgan fingerprint density at radius 3 is 2.55 bits per heavy atom. The lowest BCUT2D eigenvalue weighted by molar-refractivity contribution is -0.162. The first-order valence-corrected chi connectivity index (χ1v) is 16.0. The topological polar surface area (TPSA) is 96.4 Å². The molecule has 2 unspecified atom stereocenters. The molecule has 2 amide bonds. The van der Waals surface area contributed by atoms with Crippen molar-refractivity contribution >= 4 is 34.2 Å². The van der Waals surface area contributed by atoms with Crippen LogP contribution in [-0.2, 0) is 23.9 Å². The van der Waals surface area contributed by atoms with Crippen molar-refractivity contribution in [3.8, 4) is 0 Å². The molecule has 0 radical (unpaired) electrons. The second kappa shape index (κ2) is 12.9. The number of esters is 1. The highest BCUT2D eigenvalue weighted by Crippen LogP contribution is 2.65. The molecular formula is C36H46N2O6. The van der Waals surface area contributed by atoms with E-state index >= 15 is 0 Å². The summed E-state index contributed by atoms with van der Waals surface area (Å²) < 4.78 is 12.7.